The van der Waals surface area contributed by atoms with Crippen molar-refractivity contribution in [3.63, 3.8) is 0 Å². The zero-order valence-corrected chi connectivity index (χ0v) is 21.9. The zero-order chi connectivity index (χ0) is 22.1. The molecule has 174 valence electrons. The third-order valence-electron chi connectivity index (χ3n) is 8.59. The molecule has 6 aliphatic rings. The molecule has 3 nitrogen and oxygen atoms in total. The lowest BCUT2D eigenvalue weighted by atomic mass is 9.47. The second-order valence-electron chi connectivity index (χ2n) is 11.2. The van der Waals surface area contributed by atoms with Crippen molar-refractivity contribution < 1.29 is 4.74 Å². The molecular weight excluding hydrogens is 507 g/mol. The lowest BCUT2D eigenvalue weighted by Gasteiger charge is -2.58. The molecule has 32 heavy (non-hydrogen) atoms. The van der Waals surface area contributed by atoms with E-state index in [9.17, 15) is 0 Å². The van der Waals surface area contributed by atoms with Gasteiger partial charge in [-0.3, -0.25) is 4.99 Å². The quantitative estimate of drug-likeness (QED) is 0.217. The van der Waals surface area contributed by atoms with Crippen LogP contribution in [0.25, 0.3) is 0 Å². The van der Waals surface area contributed by atoms with Gasteiger partial charge in [-0.2, -0.15) is 0 Å². The van der Waals surface area contributed by atoms with Gasteiger partial charge in [0, 0.05) is 36.4 Å². The smallest absolute Gasteiger partial charge is 0.0806 e. The van der Waals surface area contributed by atoms with E-state index in [1.165, 1.54) is 59.7 Å². The highest BCUT2D eigenvalue weighted by atomic mass is 127. The van der Waals surface area contributed by atoms with E-state index in [-0.39, 0.29) is 6.10 Å². The van der Waals surface area contributed by atoms with Crippen molar-refractivity contribution in [2.24, 2.45) is 34.1 Å². The van der Waals surface area contributed by atoms with Gasteiger partial charge in [-0.1, -0.05) is 23.3 Å². The molecule has 2 unspecified atom stereocenters. The van der Waals surface area contributed by atoms with Crippen molar-refractivity contribution in [3.05, 3.63) is 44.6 Å². The molecule has 4 heteroatoms. The number of aliphatic imine (C=N–C) groups is 1. The summed E-state index contributed by atoms with van der Waals surface area (Å²) in [6, 6.07) is 0. The normalized spacial score (nSPS) is 38.5. The van der Waals surface area contributed by atoms with Gasteiger partial charge in [-0.05, 0) is 121 Å². The van der Waals surface area contributed by atoms with E-state index < -0.39 is 0 Å². The molecule has 6 rings (SSSR count). The maximum absolute atomic E-state index is 5.49. The van der Waals surface area contributed by atoms with E-state index >= 15 is 0 Å². The van der Waals surface area contributed by atoms with Crippen LogP contribution in [0.1, 0.15) is 58.3 Å². The van der Waals surface area contributed by atoms with Crippen molar-refractivity contribution in [3.8, 4) is 0 Å². The van der Waals surface area contributed by atoms with Crippen LogP contribution < -0.4 is 5.32 Å². The first-order chi connectivity index (χ1) is 15.5. The van der Waals surface area contributed by atoms with Gasteiger partial charge in [0.2, 0.25) is 0 Å². The molecule has 4 bridgehead atoms. The van der Waals surface area contributed by atoms with Gasteiger partial charge in [0.05, 0.1) is 12.6 Å². The minimum Gasteiger partial charge on any atom is -0.377 e. The molecular formula is C28H39IN2O. The summed E-state index contributed by atoms with van der Waals surface area (Å²) < 4.78 is 6.73. The molecule has 0 aromatic heterocycles. The van der Waals surface area contributed by atoms with Crippen LogP contribution in [0.15, 0.2) is 49.6 Å². The van der Waals surface area contributed by atoms with E-state index in [2.05, 4.69) is 64.1 Å². The van der Waals surface area contributed by atoms with Crippen LogP contribution in [0.4, 0.5) is 0 Å². The fourth-order valence-electron chi connectivity index (χ4n) is 7.71. The molecule has 0 aliphatic heterocycles. The molecule has 4 fully saturated rings. The Morgan fingerprint density at radius 1 is 1.09 bits per heavy atom. The molecule has 2 atom stereocenters. The summed E-state index contributed by atoms with van der Waals surface area (Å²) in [5.74, 6) is 3.72. The molecule has 0 aromatic carbocycles. The van der Waals surface area contributed by atoms with Gasteiger partial charge in [0.15, 0.2) is 0 Å². The molecule has 6 aliphatic carbocycles. The third-order valence-corrected chi connectivity index (χ3v) is 9.26. The number of halogens is 1. The van der Waals surface area contributed by atoms with E-state index in [1.54, 1.807) is 12.7 Å². The van der Waals surface area contributed by atoms with Crippen LogP contribution >= 0.6 is 22.6 Å². The highest BCUT2D eigenvalue weighted by Crippen LogP contribution is 2.63. The Balaban J connectivity index is 1.10. The van der Waals surface area contributed by atoms with Crippen molar-refractivity contribution in [2.45, 2.75) is 64.4 Å². The maximum atomic E-state index is 5.49. The number of nitrogens with zero attached hydrogens (tertiary/aromatic N) is 1. The summed E-state index contributed by atoms with van der Waals surface area (Å²) >= 11 is 2.36. The Bertz CT molecular complexity index is 829. The van der Waals surface area contributed by atoms with Crippen LogP contribution in [0, 0.1) is 29.1 Å². The predicted molar refractivity (Wildman–Crippen MR) is 142 cm³/mol. The van der Waals surface area contributed by atoms with Crippen LogP contribution in [-0.2, 0) is 4.74 Å². The lowest BCUT2D eigenvalue weighted by Crippen LogP contribution is -2.47. The van der Waals surface area contributed by atoms with Crippen LogP contribution in [0.5, 0.6) is 0 Å². The number of rotatable bonds is 8. The molecule has 0 radical (unpaired) electrons. The molecule has 4 saturated carbocycles. The third kappa shape index (κ3) is 5.17. The Kier molecular flexibility index (Phi) is 7.11. The van der Waals surface area contributed by atoms with Crippen LogP contribution in [0.2, 0.25) is 0 Å². The first-order valence-electron chi connectivity index (χ1n) is 12.7. The summed E-state index contributed by atoms with van der Waals surface area (Å²) in [5, 5.41) is 3.69. The second kappa shape index (κ2) is 9.87. The molecule has 0 amide bonds. The molecule has 1 N–H and O–H groups in total. The van der Waals surface area contributed by atoms with Crippen molar-refractivity contribution in [2.75, 3.05) is 26.7 Å². The van der Waals surface area contributed by atoms with Gasteiger partial charge in [-0.15, -0.1) is 0 Å². The summed E-state index contributed by atoms with van der Waals surface area (Å²) in [6.45, 7) is 5.18. The Morgan fingerprint density at radius 3 is 2.50 bits per heavy atom. The Labute approximate surface area is 208 Å². The average Bonchev–Trinajstić information content (AvgIpc) is 2.74. The monoisotopic (exact) mass is 546 g/mol. The van der Waals surface area contributed by atoms with Crippen molar-refractivity contribution in [1.82, 2.24) is 5.32 Å². The minimum absolute atomic E-state index is 0.184. The van der Waals surface area contributed by atoms with Gasteiger partial charge < -0.3 is 10.1 Å². The van der Waals surface area contributed by atoms with Crippen molar-refractivity contribution >= 4 is 28.8 Å². The fourth-order valence-corrected chi connectivity index (χ4v) is 8.51. The van der Waals surface area contributed by atoms with Gasteiger partial charge in [0.25, 0.3) is 0 Å². The summed E-state index contributed by atoms with van der Waals surface area (Å²) in [7, 11) is 1.78. The topological polar surface area (TPSA) is 33.6 Å². The average molecular weight is 547 g/mol. The summed E-state index contributed by atoms with van der Waals surface area (Å²) in [5.41, 5.74) is 5.12. The number of allylic oxidation sites excluding steroid dienone is 5. The van der Waals surface area contributed by atoms with Crippen molar-refractivity contribution in [1.29, 1.82) is 0 Å². The van der Waals surface area contributed by atoms with E-state index in [0.717, 1.165) is 43.8 Å². The first-order valence-corrected chi connectivity index (χ1v) is 13.8. The molecule has 0 spiro atoms. The summed E-state index contributed by atoms with van der Waals surface area (Å²) in [4.78, 5) is 4.67. The maximum Gasteiger partial charge on any atom is 0.0806 e. The number of methoxy groups -OCH3 is 1. The minimum atomic E-state index is 0.184. The SMILES string of the molecule is COC1C=C(I)C=C(C=NCCNCC2C=C(C)C=C(C34CC5CC(CC(C5)C3)C4)C2)C1. The zero-order valence-electron chi connectivity index (χ0n) is 19.8. The highest BCUT2D eigenvalue weighted by molar-refractivity contribution is 14.1. The summed E-state index contributed by atoms with van der Waals surface area (Å²) in [6.07, 6.45) is 22.9. The predicted octanol–water partition coefficient (Wildman–Crippen LogP) is 6.42. The van der Waals surface area contributed by atoms with Gasteiger partial charge in [0.1, 0.15) is 0 Å². The van der Waals surface area contributed by atoms with E-state index in [1.807, 2.05) is 6.21 Å². The fraction of sp³-hybridized carbons (Fsp3) is 0.679. The number of ether oxygens (including phenoxy) is 1. The van der Waals surface area contributed by atoms with Crippen LogP contribution in [0.3, 0.4) is 0 Å². The first kappa shape index (κ1) is 23.0. The molecule has 0 aromatic rings. The second-order valence-corrected chi connectivity index (χ2v) is 12.5. The number of nitrogens with one attached hydrogen (secondary N) is 1. The standard InChI is InChI=1S/C28H39IN2O/c1-19-5-23(17-30-3-4-31-18-24-11-26(29)13-27(12-24)32-2)10-25(6-19)28-14-20-7-21(15-28)9-22(8-20)16-28/h5-6,11,13,18,20-23,27,30H,3-4,7-10,12,14-17H2,1-2H3. The van der Waals surface area contributed by atoms with Gasteiger partial charge in [-0.25, -0.2) is 0 Å². The lowest BCUT2D eigenvalue weighted by molar-refractivity contribution is -0.0329. The van der Waals surface area contributed by atoms with Crippen LogP contribution in [-0.4, -0.2) is 39.1 Å². The number of hydrogen-bond acceptors (Lipinski definition) is 3. The Morgan fingerprint density at radius 2 is 1.81 bits per heavy atom. The van der Waals surface area contributed by atoms with E-state index in [4.69, 9.17) is 4.74 Å². The Hall–Kier alpha value is -0.720. The largest absolute Gasteiger partial charge is 0.377 e. The van der Waals surface area contributed by atoms with Gasteiger partial charge >= 0.3 is 0 Å². The van der Waals surface area contributed by atoms with E-state index in [0.29, 0.717) is 11.3 Å². The molecule has 0 heterocycles. The highest BCUT2D eigenvalue weighted by Gasteiger charge is 2.52. The number of hydrogen-bond donors (Lipinski definition) is 1. The molecule has 0 saturated heterocycles.